The summed E-state index contributed by atoms with van der Waals surface area (Å²) in [4.78, 5) is 38.3. The zero-order valence-corrected chi connectivity index (χ0v) is 18.4. The molecular formula is C23H24ClN5O2. The Bertz CT molecular complexity index is 1170. The lowest BCUT2D eigenvalue weighted by Crippen LogP contribution is -2.62. The number of amides is 2. The zero-order chi connectivity index (χ0) is 21.8. The third-order valence-electron chi connectivity index (χ3n) is 6.54. The summed E-state index contributed by atoms with van der Waals surface area (Å²) in [7, 11) is 0. The van der Waals surface area contributed by atoms with Crippen molar-refractivity contribution in [1.29, 1.82) is 0 Å². The molecule has 0 saturated carbocycles. The van der Waals surface area contributed by atoms with Gasteiger partial charge in [-0.15, -0.1) is 0 Å². The van der Waals surface area contributed by atoms with Gasteiger partial charge in [0.1, 0.15) is 16.7 Å². The lowest BCUT2D eigenvalue weighted by Gasteiger charge is -2.53. The SMILES string of the molecule is Cc1cc(Cl)nc(C(=O)N2CC3(CCN(C(=O)c4nc(C)n5ccccc45)CC3)C2)c1. The molecule has 1 spiro atoms. The number of halogens is 1. The average Bonchev–Trinajstić information content (AvgIpc) is 3.07. The number of carbonyl (C=O) groups is 2. The first-order chi connectivity index (χ1) is 14.8. The Morgan fingerprint density at radius 1 is 1.00 bits per heavy atom. The quantitative estimate of drug-likeness (QED) is 0.576. The summed E-state index contributed by atoms with van der Waals surface area (Å²) in [6.45, 7) is 6.58. The molecule has 0 aromatic carbocycles. The standard InChI is InChI=1S/C23H24ClN5O2/c1-15-11-17(26-19(24)12-15)21(30)28-13-23(14-28)6-9-27(10-7-23)22(31)20-18-5-3-4-8-29(18)16(2)25-20/h3-5,8,11-12H,6-7,9-10,13-14H2,1-2H3. The van der Waals surface area contributed by atoms with Crippen molar-refractivity contribution in [2.45, 2.75) is 26.7 Å². The topological polar surface area (TPSA) is 70.8 Å². The second-order valence-electron chi connectivity index (χ2n) is 8.77. The van der Waals surface area contributed by atoms with Crippen LogP contribution in [0.15, 0.2) is 36.5 Å². The number of carbonyl (C=O) groups excluding carboxylic acids is 2. The summed E-state index contributed by atoms with van der Waals surface area (Å²) in [6, 6.07) is 9.31. The van der Waals surface area contributed by atoms with Gasteiger partial charge < -0.3 is 14.2 Å². The molecule has 0 unspecified atom stereocenters. The van der Waals surface area contributed by atoms with E-state index in [4.69, 9.17) is 11.6 Å². The minimum Gasteiger partial charge on any atom is -0.337 e. The molecule has 2 fully saturated rings. The van der Waals surface area contributed by atoms with Gasteiger partial charge in [0.25, 0.3) is 11.8 Å². The maximum Gasteiger partial charge on any atom is 0.274 e. The van der Waals surface area contributed by atoms with Crippen molar-refractivity contribution < 1.29 is 9.59 Å². The Balaban J connectivity index is 1.23. The number of aromatic nitrogens is 3. The van der Waals surface area contributed by atoms with Gasteiger partial charge >= 0.3 is 0 Å². The van der Waals surface area contributed by atoms with E-state index in [9.17, 15) is 9.59 Å². The van der Waals surface area contributed by atoms with Crippen molar-refractivity contribution in [2.75, 3.05) is 26.2 Å². The summed E-state index contributed by atoms with van der Waals surface area (Å²) in [5.41, 5.74) is 2.77. The summed E-state index contributed by atoms with van der Waals surface area (Å²) >= 11 is 6.01. The predicted molar refractivity (Wildman–Crippen MR) is 117 cm³/mol. The summed E-state index contributed by atoms with van der Waals surface area (Å²) in [6.07, 6.45) is 3.69. The van der Waals surface area contributed by atoms with Crippen molar-refractivity contribution in [3.05, 3.63) is 64.5 Å². The Hall–Kier alpha value is -2.93. The van der Waals surface area contributed by atoms with Gasteiger partial charge in [0.2, 0.25) is 0 Å². The first-order valence-electron chi connectivity index (χ1n) is 10.5. The summed E-state index contributed by atoms with van der Waals surface area (Å²) in [5, 5.41) is 0.340. The Labute approximate surface area is 185 Å². The van der Waals surface area contributed by atoms with Crippen molar-refractivity contribution in [1.82, 2.24) is 24.2 Å². The molecule has 7 nitrogen and oxygen atoms in total. The normalized spacial score (nSPS) is 17.8. The second-order valence-corrected chi connectivity index (χ2v) is 9.16. The number of likely N-dealkylation sites (tertiary alicyclic amines) is 2. The van der Waals surface area contributed by atoms with E-state index in [1.54, 1.807) is 12.1 Å². The van der Waals surface area contributed by atoms with Gasteiger partial charge in [-0.1, -0.05) is 17.7 Å². The molecule has 160 valence electrons. The van der Waals surface area contributed by atoms with Gasteiger partial charge in [-0.25, -0.2) is 9.97 Å². The highest BCUT2D eigenvalue weighted by Gasteiger charge is 2.47. The van der Waals surface area contributed by atoms with E-state index in [0.29, 0.717) is 42.7 Å². The van der Waals surface area contributed by atoms with Crippen molar-refractivity contribution in [3.63, 3.8) is 0 Å². The number of hydrogen-bond acceptors (Lipinski definition) is 4. The maximum atomic E-state index is 13.1. The minimum atomic E-state index is -0.0744. The lowest BCUT2D eigenvalue weighted by molar-refractivity contribution is -0.0291. The van der Waals surface area contributed by atoms with E-state index in [-0.39, 0.29) is 17.2 Å². The highest BCUT2D eigenvalue weighted by molar-refractivity contribution is 6.29. The molecule has 3 aromatic rings. The van der Waals surface area contributed by atoms with Crippen LogP contribution in [0.5, 0.6) is 0 Å². The molecule has 0 atom stereocenters. The third kappa shape index (κ3) is 3.47. The smallest absolute Gasteiger partial charge is 0.274 e. The number of rotatable bonds is 2. The van der Waals surface area contributed by atoms with E-state index in [1.165, 1.54) is 0 Å². The van der Waals surface area contributed by atoms with E-state index < -0.39 is 0 Å². The van der Waals surface area contributed by atoms with Crippen LogP contribution in [0.25, 0.3) is 5.52 Å². The molecule has 0 bridgehead atoms. The minimum absolute atomic E-state index is 0.0162. The highest BCUT2D eigenvalue weighted by Crippen LogP contribution is 2.41. The molecule has 0 radical (unpaired) electrons. The van der Waals surface area contributed by atoms with Gasteiger partial charge in [-0.05, 0) is 56.5 Å². The highest BCUT2D eigenvalue weighted by atomic mass is 35.5. The summed E-state index contributed by atoms with van der Waals surface area (Å²) in [5.74, 6) is 0.720. The van der Waals surface area contributed by atoms with Crippen LogP contribution < -0.4 is 0 Å². The average molecular weight is 438 g/mol. The van der Waals surface area contributed by atoms with Crippen molar-refractivity contribution >= 4 is 28.9 Å². The number of aryl methyl sites for hydroxylation is 2. The van der Waals surface area contributed by atoms with Crippen LogP contribution in [0.1, 0.15) is 45.2 Å². The van der Waals surface area contributed by atoms with Crippen molar-refractivity contribution in [3.8, 4) is 0 Å². The number of imidazole rings is 1. The molecular weight excluding hydrogens is 414 g/mol. The number of piperidine rings is 1. The van der Waals surface area contributed by atoms with Crippen LogP contribution in [0, 0.1) is 19.3 Å². The molecule has 3 aromatic heterocycles. The molecule has 2 saturated heterocycles. The first kappa shape index (κ1) is 20.0. The van der Waals surface area contributed by atoms with Crippen LogP contribution in [0.4, 0.5) is 0 Å². The molecule has 2 aliphatic heterocycles. The van der Waals surface area contributed by atoms with Gasteiger partial charge in [0, 0.05) is 37.8 Å². The largest absolute Gasteiger partial charge is 0.337 e. The van der Waals surface area contributed by atoms with Crippen LogP contribution >= 0.6 is 11.6 Å². The second kappa shape index (κ2) is 7.34. The number of pyridine rings is 2. The predicted octanol–water partition coefficient (Wildman–Crippen LogP) is 3.38. The fourth-order valence-electron chi connectivity index (χ4n) is 4.80. The van der Waals surface area contributed by atoms with E-state index in [1.807, 2.05) is 52.4 Å². The van der Waals surface area contributed by atoms with Gasteiger partial charge in [0.05, 0.1) is 5.52 Å². The first-order valence-corrected chi connectivity index (χ1v) is 10.9. The van der Waals surface area contributed by atoms with Gasteiger partial charge in [0.15, 0.2) is 5.69 Å². The fourth-order valence-corrected chi connectivity index (χ4v) is 5.07. The molecule has 31 heavy (non-hydrogen) atoms. The van der Waals surface area contributed by atoms with E-state index in [0.717, 1.165) is 29.7 Å². The number of hydrogen-bond donors (Lipinski definition) is 0. The van der Waals surface area contributed by atoms with Crippen molar-refractivity contribution in [2.24, 2.45) is 5.41 Å². The monoisotopic (exact) mass is 437 g/mol. The van der Waals surface area contributed by atoms with E-state index in [2.05, 4.69) is 9.97 Å². The van der Waals surface area contributed by atoms with Crippen LogP contribution in [0.2, 0.25) is 5.15 Å². The Morgan fingerprint density at radius 2 is 1.74 bits per heavy atom. The fraction of sp³-hybridized carbons (Fsp3) is 0.391. The molecule has 0 N–H and O–H groups in total. The van der Waals surface area contributed by atoms with Gasteiger partial charge in [-0.2, -0.15) is 0 Å². The molecule has 2 amide bonds. The third-order valence-corrected chi connectivity index (χ3v) is 6.73. The Morgan fingerprint density at radius 3 is 2.45 bits per heavy atom. The molecule has 0 aliphatic carbocycles. The van der Waals surface area contributed by atoms with Gasteiger partial charge in [-0.3, -0.25) is 9.59 Å². The number of nitrogens with zero attached hydrogens (tertiary/aromatic N) is 5. The molecule has 2 aliphatic rings. The van der Waals surface area contributed by atoms with Crippen LogP contribution in [-0.4, -0.2) is 62.2 Å². The zero-order valence-electron chi connectivity index (χ0n) is 17.6. The van der Waals surface area contributed by atoms with Crippen LogP contribution in [0.3, 0.4) is 0 Å². The lowest BCUT2D eigenvalue weighted by atomic mass is 9.72. The van der Waals surface area contributed by atoms with E-state index >= 15 is 0 Å². The Kier molecular flexibility index (Phi) is 4.73. The summed E-state index contributed by atoms with van der Waals surface area (Å²) < 4.78 is 1.94. The number of fused-ring (bicyclic) bond motifs is 1. The van der Waals surface area contributed by atoms with Crippen LogP contribution in [-0.2, 0) is 0 Å². The molecule has 8 heteroatoms. The molecule has 5 heterocycles. The molecule has 5 rings (SSSR count). The maximum absolute atomic E-state index is 13.1.